The number of rotatable bonds is 4. The highest BCUT2D eigenvalue weighted by atomic mass is 79.9. The Bertz CT molecular complexity index is 890. The van der Waals surface area contributed by atoms with Crippen molar-refractivity contribution in [3.8, 4) is 17.4 Å². The van der Waals surface area contributed by atoms with Gasteiger partial charge in [0.2, 0.25) is 0 Å². The van der Waals surface area contributed by atoms with Crippen LogP contribution < -0.4 is 5.32 Å². The van der Waals surface area contributed by atoms with E-state index < -0.39 is 0 Å². The molecule has 2 aromatic carbocycles. The number of furan rings is 1. The SMILES string of the molecule is N#CCc1ccc(NC(=O)c2ccc(-c3ccc(Br)cc3)o2)cc1. The third kappa shape index (κ3) is 3.73. The zero-order valence-electron chi connectivity index (χ0n) is 12.6. The van der Waals surface area contributed by atoms with Crippen LogP contribution in [0.4, 0.5) is 5.69 Å². The number of hydrogen-bond acceptors (Lipinski definition) is 3. The van der Waals surface area contributed by atoms with E-state index in [1.54, 1.807) is 24.3 Å². The monoisotopic (exact) mass is 380 g/mol. The van der Waals surface area contributed by atoms with Crippen LogP contribution in [0.5, 0.6) is 0 Å². The van der Waals surface area contributed by atoms with Crippen LogP contribution in [0.2, 0.25) is 0 Å². The van der Waals surface area contributed by atoms with Gasteiger partial charge in [-0.25, -0.2) is 0 Å². The van der Waals surface area contributed by atoms with Crippen molar-refractivity contribution >= 4 is 27.5 Å². The Balaban J connectivity index is 1.71. The van der Waals surface area contributed by atoms with Crippen molar-refractivity contribution in [2.75, 3.05) is 5.32 Å². The molecule has 0 unspecified atom stereocenters. The van der Waals surface area contributed by atoms with Gasteiger partial charge in [0.25, 0.3) is 5.91 Å². The molecule has 0 spiro atoms. The first-order valence-electron chi connectivity index (χ1n) is 7.29. The van der Waals surface area contributed by atoms with E-state index in [0.29, 0.717) is 17.9 Å². The molecule has 5 heteroatoms. The van der Waals surface area contributed by atoms with E-state index in [4.69, 9.17) is 9.68 Å². The normalized spacial score (nSPS) is 10.2. The van der Waals surface area contributed by atoms with Crippen LogP contribution in [0.3, 0.4) is 0 Å². The van der Waals surface area contributed by atoms with Crippen molar-refractivity contribution < 1.29 is 9.21 Å². The van der Waals surface area contributed by atoms with Gasteiger partial charge in [0.05, 0.1) is 12.5 Å². The summed E-state index contributed by atoms with van der Waals surface area (Å²) in [5, 5.41) is 11.4. The Kier molecular flexibility index (Phi) is 4.78. The van der Waals surface area contributed by atoms with Crippen molar-refractivity contribution in [2.45, 2.75) is 6.42 Å². The number of hydrogen-bond donors (Lipinski definition) is 1. The third-order valence-electron chi connectivity index (χ3n) is 3.45. The van der Waals surface area contributed by atoms with Crippen LogP contribution in [0.15, 0.2) is 69.6 Å². The number of nitriles is 1. The second kappa shape index (κ2) is 7.16. The minimum atomic E-state index is -0.314. The largest absolute Gasteiger partial charge is 0.451 e. The summed E-state index contributed by atoms with van der Waals surface area (Å²) in [7, 11) is 0. The highest BCUT2D eigenvalue weighted by Gasteiger charge is 2.12. The van der Waals surface area contributed by atoms with E-state index in [9.17, 15) is 4.79 Å². The zero-order valence-corrected chi connectivity index (χ0v) is 14.2. The average molecular weight is 381 g/mol. The van der Waals surface area contributed by atoms with E-state index in [1.807, 2.05) is 36.4 Å². The van der Waals surface area contributed by atoms with Gasteiger partial charge in [0.15, 0.2) is 5.76 Å². The molecule has 0 aliphatic rings. The first-order chi connectivity index (χ1) is 11.7. The minimum absolute atomic E-state index is 0.244. The van der Waals surface area contributed by atoms with Crippen molar-refractivity contribution in [1.29, 1.82) is 5.26 Å². The number of nitrogens with one attached hydrogen (secondary N) is 1. The summed E-state index contributed by atoms with van der Waals surface area (Å²) >= 11 is 3.39. The highest BCUT2D eigenvalue weighted by molar-refractivity contribution is 9.10. The number of carbonyl (C=O) groups is 1. The molecule has 0 saturated heterocycles. The molecule has 3 aromatic rings. The minimum Gasteiger partial charge on any atom is -0.451 e. The second-order valence-electron chi connectivity index (χ2n) is 5.16. The lowest BCUT2D eigenvalue weighted by Gasteiger charge is -2.04. The fourth-order valence-electron chi connectivity index (χ4n) is 2.22. The van der Waals surface area contributed by atoms with E-state index in [-0.39, 0.29) is 11.7 Å². The van der Waals surface area contributed by atoms with Crippen molar-refractivity contribution in [1.82, 2.24) is 0 Å². The Hall–Kier alpha value is -2.84. The molecule has 0 fully saturated rings. The maximum absolute atomic E-state index is 12.3. The molecule has 1 N–H and O–H groups in total. The van der Waals surface area contributed by atoms with E-state index in [0.717, 1.165) is 15.6 Å². The molecule has 1 heterocycles. The lowest BCUT2D eigenvalue weighted by Crippen LogP contribution is -2.10. The van der Waals surface area contributed by atoms with E-state index in [1.165, 1.54) is 0 Å². The molecule has 118 valence electrons. The van der Waals surface area contributed by atoms with Gasteiger partial charge in [-0.1, -0.05) is 40.2 Å². The number of anilines is 1. The summed E-state index contributed by atoms with van der Waals surface area (Å²) < 4.78 is 6.62. The predicted octanol–water partition coefficient (Wildman–Crippen LogP) is 5.03. The van der Waals surface area contributed by atoms with Crippen molar-refractivity contribution in [3.05, 3.63) is 76.5 Å². The number of nitrogens with zero attached hydrogens (tertiary/aromatic N) is 1. The van der Waals surface area contributed by atoms with Gasteiger partial charge in [0.1, 0.15) is 5.76 Å². The molecule has 3 rings (SSSR count). The summed E-state index contributed by atoms with van der Waals surface area (Å²) in [5.41, 5.74) is 2.47. The smallest absolute Gasteiger partial charge is 0.291 e. The first kappa shape index (κ1) is 16.0. The highest BCUT2D eigenvalue weighted by Crippen LogP contribution is 2.24. The Morgan fingerprint density at radius 2 is 1.75 bits per heavy atom. The quantitative estimate of drug-likeness (QED) is 0.690. The molecule has 0 saturated carbocycles. The molecule has 0 atom stereocenters. The Morgan fingerprint density at radius 3 is 2.42 bits per heavy atom. The number of halogens is 1. The zero-order chi connectivity index (χ0) is 16.9. The van der Waals surface area contributed by atoms with E-state index in [2.05, 4.69) is 27.3 Å². The van der Waals surface area contributed by atoms with Crippen LogP contribution in [0.1, 0.15) is 16.1 Å². The predicted molar refractivity (Wildman–Crippen MR) is 95.6 cm³/mol. The summed E-state index contributed by atoms with van der Waals surface area (Å²) in [6.07, 6.45) is 0.350. The summed E-state index contributed by atoms with van der Waals surface area (Å²) in [6.45, 7) is 0. The maximum Gasteiger partial charge on any atom is 0.291 e. The van der Waals surface area contributed by atoms with Crippen molar-refractivity contribution in [3.63, 3.8) is 0 Å². The molecule has 4 nitrogen and oxygen atoms in total. The number of carbonyl (C=O) groups excluding carboxylic acids is 1. The van der Waals surface area contributed by atoms with Gasteiger partial charge in [-0.3, -0.25) is 4.79 Å². The van der Waals surface area contributed by atoms with Gasteiger partial charge in [0, 0.05) is 15.7 Å². The Labute approximate surface area is 147 Å². The lowest BCUT2D eigenvalue weighted by atomic mass is 10.1. The molecule has 0 radical (unpaired) electrons. The Morgan fingerprint density at radius 1 is 1.04 bits per heavy atom. The molecule has 0 aliphatic carbocycles. The van der Waals surface area contributed by atoms with Crippen molar-refractivity contribution in [2.24, 2.45) is 0 Å². The number of amides is 1. The summed E-state index contributed by atoms with van der Waals surface area (Å²) in [4.78, 5) is 12.3. The topological polar surface area (TPSA) is 66.0 Å². The molecular weight excluding hydrogens is 368 g/mol. The molecule has 1 aromatic heterocycles. The van der Waals surface area contributed by atoms with Gasteiger partial charge in [-0.05, 0) is 42.0 Å². The second-order valence-corrected chi connectivity index (χ2v) is 6.07. The van der Waals surface area contributed by atoms with Gasteiger partial charge in [-0.2, -0.15) is 5.26 Å². The molecule has 1 amide bonds. The third-order valence-corrected chi connectivity index (χ3v) is 3.98. The molecular formula is C19H13BrN2O2. The van der Waals surface area contributed by atoms with Crippen LogP contribution in [-0.4, -0.2) is 5.91 Å². The van der Waals surface area contributed by atoms with Crippen LogP contribution in [0.25, 0.3) is 11.3 Å². The van der Waals surface area contributed by atoms with Gasteiger partial charge < -0.3 is 9.73 Å². The fourth-order valence-corrected chi connectivity index (χ4v) is 2.48. The van der Waals surface area contributed by atoms with Crippen LogP contribution in [0, 0.1) is 11.3 Å². The lowest BCUT2D eigenvalue weighted by molar-refractivity contribution is 0.0997. The van der Waals surface area contributed by atoms with Crippen LogP contribution in [-0.2, 0) is 6.42 Å². The average Bonchev–Trinajstić information content (AvgIpc) is 3.08. The number of benzene rings is 2. The first-order valence-corrected chi connectivity index (χ1v) is 8.08. The molecule has 0 aliphatic heterocycles. The van der Waals surface area contributed by atoms with Gasteiger partial charge >= 0.3 is 0 Å². The molecule has 0 bridgehead atoms. The molecule has 24 heavy (non-hydrogen) atoms. The summed E-state index contributed by atoms with van der Waals surface area (Å²) in [5.74, 6) is 0.567. The summed E-state index contributed by atoms with van der Waals surface area (Å²) in [6, 6.07) is 20.3. The fraction of sp³-hybridized carbons (Fsp3) is 0.0526. The standard InChI is InChI=1S/C19H13BrN2O2/c20-15-5-3-14(4-6-15)17-9-10-18(24-17)19(23)22-16-7-1-13(2-8-16)11-12-21/h1-10H,11H2,(H,22,23). The van der Waals surface area contributed by atoms with E-state index >= 15 is 0 Å². The maximum atomic E-state index is 12.3. The van der Waals surface area contributed by atoms with Gasteiger partial charge in [-0.15, -0.1) is 0 Å². The van der Waals surface area contributed by atoms with Crippen LogP contribution >= 0.6 is 15.9 Å².